The van der Waals surface area contributed by atoms with Gasteiger partial charge in [0.2, 0.25) is 9.84 Å². The van der Waals surface area contributed by atoms with E-state index in [1.807, 2.05) is 0 Å². The molecule has 0 saturated heterocycles. The minimum Gasteiger partial charge on any atom is -0.508 e. The fraction of sp³-hybridized carbons (Fsp3) is 0.0833. The van der Waals surface area contributed by atoms with Crippen molar-refractivity contribution in [2.24, 2.45) is 0 Å². The Balaban J connectivity index is 2.41. The van der Waals surface area contributed by atoms with Crippen LogP contribution in [0, 0.1) is 0 Å². The van der Waals surface area contributed by atoms with Gasteiger partial charge in [-0.25, -0.2) is 13.2 Å². The first kappa shape index (κ1) is 12.4. The average molecular weight is 266 g/mol. The molecular weight excluding hydrogens is 256 g/mol. The number of esters is 1. The van der Waals surface area contributed by atoms with E-state index in [0.717, 1.165) is 7.11 Å². The molecule has 1 aliphatic heterocycles. The van der Waals surface area contributed by atoms with Crippen LogP contribution in [0.4, 0.5) is 0 Å². The topological polar surface area (TPSA) is 80.7 Å². The fourth-order valence-electron chi connectivity index (χ4n) is 1.60. The van der Waals surface area contributed by atoms with Gasteiger partial charge in [-0.3, -0.25) is 0 Å². The molecule has 0 amide bonds. The Morgan fingerprint density at radius 3 is 2.33 bits per heavy atom. The van der Waals surface area contributed by atoms with Gasteiger partial charge in [0, 0.05) is 0 Å². The lowest BCUT2D eigenvalue weighted by atomic mass is 10.2. The Labute approximate surface area is 104 Å². The van der Waals surface area contributed by atoms with E-state index < -0.39 is 15.8 Å². The fourth-order valence-corrected chi connectivity index (χ4v) is 3.08. The lowest BCUT2D eigenvalue weighted by molar-refractivity contribution is -0.135. The molecule has 18 heavy (non-hydrogen) atoms. The van der Waals surface area contributed by atoms with Crippen LogP contribution in [-0.4, -0.2) is 26.6 Å². The van der Waals surface area contributed by atoms with Gasteiger partial charge in [0.1, 0.15) is 5.75 Å². The third-order valence-electron chi connectivity index (χ3n) is 2.50. The summed E-state index contributed by atoms with van der Waals surface area (Å²) in [6.45, 7) is 0. The van der Waals surface area contributed by atoms with Crippen LogP contribution in [0.3, 0.4) is 0 Å². The quantitative estimate of drug-likeness (QED) is 0.814. The maximum atomic E-state index is 12.1. The van der Waals surface area contributed by atoms with Crippen LogP contribution >= 0.6 is 0 Å². The van der Waals surface area contributed by atoms with Crippen molar-refractivity contribution in [2.75, 3.05) is 7.11 Å². The lowest BCUT2D eigenvalue weighted by Crippen LogP contribution is -2.13. The summed E-state index contributed by atoms with van der Waals surface area (Å²) in [5, 5.41) is 9.15. The second-order valence-corrected chi connectivity index (χ2v) is 5.49. The van der Waals surface area contributed by atoms with Gasteiger partial charge in [-0.1, -0.05) is 0 Å². The summed E-state index contributed by atoms with van der Waals surface area (Å²) in [5.74, 6) is -0.851. The minimum atomic E-state index is -3.84. The van der Waals surface area contributed by atoms with Gasteiger partial charge in [-0.05, 0) is 42.0 Å². The van der Waals surface area contributed by atoms with E-state index >= 15 is 0 Å². The zero-order valence-corrected chi connectivity index (χ0v) is 10.3. The van der Waals surface area contributed by atoms with Gasteiger partial charge in [-0.15, -0.1) is 0 Å². The Hall–Kier alpha value is -2.08. The van der Waals surface area contributed by atoms with E-state index in [4.69, 9.17) is 5.11 Å². The molecule has 0 saturated carbocycles. The number of phenols is 1. The lowest BCUT2D eigenvalue weighted by Gasteiger charge is -2.06. The molecule has 1 N–H and O–H groups in total. The highest BCUT2D eigenvalue weighted by Gasteiger charge is 2.33. The van der Waals surface area contributed by atoms with Crippen LogP contribution in [0.5, 0.6) is 5.75 Å². The summed E-state index contributed by atoms with van der Waals surface area (Å²) >= 11 is 0. The molecule has 0 aromatic heterocycles. The maximum Gasteiger partial charge on any atom is 0.349 e. The number of allylic oxidation sites excluding steroid dienone is 2. The minimum absolute atomic E-state index is 0.0166. The number of carbonyl (C=O) groups is 1. The normalized spacial score (nSPS) is 16.9. The molecule has 2 rings (SSSR count). The number of ether oxygens (including phenoxy) is 1. The SMILES string of the molecule is COC(=O)C1=CC=C(c2ccc(O)cc2)S1(=O)=O. The molecule has 5 nitrogen and oxygen atoms in total. The Kier molecular flexibility index (Phi) is 2.96. The first-order chi connectivity index (χ1) is 8.46. The summed E-state index contributed by atoms with van der Waals surface area (Å²) in [7, 11) is -2.72. The van der Waals surface area contributed by atoms with E-state index in [-0.39, 0.29) is 15.6 Å². The average Bonchev–Trinajstić information content (AvgIpc) is 2.65. The molecule has 1 heterocycles. The van der Waals surface area contributed by atoms with Crippen LogP contribution in [0.2, 0.25) is 0 Å². The Bertz CT molecular complexity index is 650. The number of methoxy groups -OCH3 is 1. The molecule has 6 heteroatoms. The number of hydrogen-bond acceptors (Lipinski definition) is 5. The van der Waals surface area contributed by atoms with Crippen molar-refractivity contribution in [1.29, 1.82) is 0 Å². The molecule has 0 atom stereocenters. The van der Waals surface area contributed by atoms with Gasteiger partial charge in [-0.2, -0.15) is 0 Å². The molecule has 0 spiro atoms. The number of hydrogen-bond donors (Lipinski definition) is 1. The summed E-state index contributed by atoms with van der Waals surface area (Å²) in [4.78, 5) is 11.0. The smallest absolute Gasteiger partial charge is 0.349 e. The number of sulfone groups is 1. The van der Waals surface area contributed by atoms with E-state index in [9.17, 15) is 13.2 Å². The molecule has 0 radical (unpaired) electrons. The highest BCUT2D eigenvalue weighted by Crippen LogP contribution is 2.33. The zero-order chi connectivity index (χ0) is 13.3. The monoisotopic (exact) mass is 266 g/mol. The molecule has 0 fully saturated rings. The number of benzene rings is 1. The molecular formula is C12H10O5S. The molecule has 0 unspecified atom stereocenters. The Morgan fingerprint density at radius 2 is 1.78 bits per heavy atom. The molecule has 1 aromatic rings. The zero-order valence-electron chi connectivity index (χ0n) is 9.45. The number of rotatable bonds is 2. The van der Waals surface area contributed by atoms with E-state index in [2.05, 4.69) is 4.74 Å². The van der Waals surface area contributed by atoms with E-state index in [0.29, 0.717) is 5.56 Å². The maximum absolute atomic E-state index is 12.1. The second kappa shape index (κ2) is 4.30. The third-order valence-corrected chi connectivity index (χ3v) is 4.34. The Morgan fingerprint density at radius 1 is 1.17 bits per heavy atom. The largest absolute Gasteiger partial charge is 0.508 e. The predicted octanol–water partition coefficient (Wildman–Crippen LogP) is 1.22. The van der Waals surface area contributed by atoms with E-state index in [1.54, 1.807) is 0 Å². The predicted molar refractivity (Wildman–Crippen MR) is 65.1 cm³/mol. The summed E-state index contributed by atoms with van der Waals surface area (Å²) in [5.41, 5.74) is 0.406. The molecule has 1 aliphatic rings. The van der Waals surface area contributed by atoms with Crippen molar-refractivity contribution < 1.29 is 23.1 Å². The van der Waals surface area contributed by atoms with Crippen molar-refractivity contribution in [3.8, 4) is 5.75 Å². The highest BCUT2D eigenvalue weighted by atomic mass is 32.2. The van der Waals surface area contributed by atoms with Crippen LogP contribution in [0.1, 0.15) is 5.56 Å². The number of phenolic OH excluding ortho intramolecular Hbond substituents is 1. The summed E-state index contributed by atoms with van der Waals surface area (Å²) < 4.78 is 28.6. The molecule has 94 valence electrons. The van der Waals surface area contributed by atoms with Crippen molar-refractivity contribution in [2.45, 2.75) is 0 Å². The molecule has 0 aliphatic carbocycles. The highest BCUT2D eigenvalue weighted by molar-refractivity contribution is 8.05. The number of carbonyl (C=O) groups excluding carboxylic acids is 1. The van der Waals surface area contributed by atoms with Crippen molar-refractivity contribution in [3.05, 3.63) is 46.9 Å². The van der Waals surface area contributed by atoms with Gasteiger partial charge >= 0.3 is 5.97 Å². The summed E-state index contributed by atoms with van der Waals surface area (Å²) in [6.07, 6.45) is 2.55. The van der Waals surface area contributed by atoms with Crippen molar-refractivity contribution in [1.82, 2.24) is 0 Å². The molecule has 1 aromatic carbocycles. The van der Waals surface area contributed by atoms with Gasteiger partial charge in [0.25, 0.3) is 0 Å². The van der Waals surface area contributed by atoms with Crippen LogP contribution < -0.4 is 0 Å². The standard InChI is InChI=1S/C12H10O5S/c1-17-12(14)11-7-6-10(18(11,15)16)8-2-4-9(13)5-3-8/h2-7,13H,1H3. The number of aromatic hydroxyl groups is 1. The van der Waals surface area contributed by atoms with Gasteiger partial charge in [0.15, 0.2) is 4.91 Å². The summed E-state index contributed by atoms with van der Waals surface area (Å²) in [6, 6.07) is 5.68. The van der Waals surface area contributed by atoms with Crippen LogP contribution in [-0.2, 0) is 19.4 Å². The van der Waals surface area contributed by atoms with Gasteiger partial charge in [0.05, 0.1) is 12.0 Å². The first-order valence-electron chi connectivity index (χ1n) is 5.01. The third kappa shape index (κ3) is 1.91. The molecule has 0 bridgehead atoms. The van der Waals surface area contributed by atoms with Crippen molar-refractivity contribution in [3.63, 3.8) is 0 Å². The van der Waals surface area contributed by atoms with Crippen LogP contribution in [0.15, 0.2) is 41.3 Å². The van der Waals surface area contributed by atoms with Crippen molar-refractivity contribution >= 4 is 20.7 Å². The first-order valence-corrected chi connectivity index (χ1v) is 6.50. The van der Waals surface area contributed by atoms with E-state index in [1.165, 1.54) is 36.4 Å². The van der Waals surface area contributed by atoms with Crippen LogP contribution in [0.25, 0.3) is 4.91 Å². The second-order valence-electron chi connectivity index (χ2n) is 3.60. The van der Waals surface area contributed by atoms with Gasteiger partial charge < -0.3 is 9.84 Å².